The molecule has 0 radical (unpaired) electrons. The van der Waals surface area contributed by atoms with Gasteiger partial charge in [-0.05, 0) is 228 Å². The second-order valence-corrected chi connectivity index (χ2v) is 22.5. The summed E-state index contributed by atoms with van der Waals surface area (Å²) in [5.41, 5.74) is 28.2. The van der Waals surface area contributed by atoms with Gasteiger partial charge in [-0.15, -0.1) is 0 Å². The van der Waals surface area contributed by atoms with Crippen LogP contribution in [0.4, 0.5) is 0 Å². The number of fused-ring (bicyclic) bond motifs is 10. The molecule has 0 nitrogen and oxygen atoms in total. The lowest BCUT2D eigenvalue weighted by molar-refractivity contribution is 1.47. The molecule has 362 valence electrons. The zero-order valence-electron chi connectivity index (χ0n) is 43.9. The minimum atomic E-state index is 1.24. The van der Waals surface area contributed by atoms with E-state index in [1.807, 2.05) is 0 Å². The molecule has 2 aliphatic carbocycles. The highest BCUT2D eigenvalue weighted by molar-refractivity contribution is 6.38. The van der Waals surface area contributed by atoms with Gasteiger partial charge in [0.05, 0.1) is 0 Å². The van der Waals surface area contributed by atoms with Crippen molar-refractivity contribution in [3.63, 3.8) is 0 Å². The summed E-state index contributed by atoms with van der Waals surface area (Å²) < 4.78 is 0. The molecule has 0 amide bonds. The number of hydrogen-bond donors (Lipinski definition) is 0. The van der Waals surface area contributed by atoms with E-state index in [0.717, 1.165) is 0 Å². The van der Waals surface area contributed by atoms with Gasteiger partial charge in [0.25, 0.3) is 0 Å². The number of rotatable bonds is 5. The van der Waals surface area contributed by atoms with Crippen LogP contribution in [0.25, 0.3) is 176 Å². The van der Waals surface area contributed by atoms with Crippen molar-refractivity contribution in [2.75, 3.05) is 0 Å². The third kappa shape index (κ3) is 6.06. The topological polar surface area (TPSA) is 0 Å². The molecule has 2 aliphatic rings. The van der Waals surface area contributed by atoms with Crippen LogP contribution >= 0.6 is 0 Å². The Kier molecular flexibility index (Phi) is 8.92. The van der Waals surface area contributed by atoms with Crippen LogP contribution in [0, 0.1) is 27.7 Å². The number of benzene rings is 15. The molecule has 0 bridgehead atoms. The lowest BCUT2D eigenvalue weighted by atomic mass is 9.85. The Bertz CT molecular complexity index is 4860. The van der Waals surface area contributed by atoms with E-state index in [1.165, 1.54) is 198 Å². The van der Waals surface area contributed by atoms with Crippen LogP contribution in [0.15, 0.2) is 231 Å². The van der Waals surface area contributed by atoms with Crippen molar-refractivity contribution < 1.29 is 0 Å². The van der Waals surface area contributed by atoms with Gasteiger partial charge in [-0.3, -0.25) is 0 Å². The maximum absolute atomic E-state index is 2.50. The molecular formula is C78H50. The maximum Gasteiger partial charge on any atom is -0.00139 e. The molecule has 78 heavy (non-hydrogen) atoms. The van der Waals surface area contributed by atoms with Gasteiger partial charge < -0.3 is 0 Å². The first kappa shape index (κ1) is 43.6. The van der Waals surface area contributed by atoms with Crippen molar-refractivity contribution in [3.8, 4) is 100 Å². The second kappa shape index (κ2) is 16.0. The van der Waals surface area contributed by atoms with Gasteiger partial charge in [0, 0.05) is 0 Å². The first-order valence-electron chi connectivity index (χ1n) is 27.5. The molecule has 15 aromatic rings. The highest BCUT2D eigenvalue weighted by atomic mass is 14.3. The maximum atomic E-state index is 2.50. The van der Waals surface area contributed by atoms with E-state index in [2.05, 4.69) is 258 Å². The SMILES string of the molecule is Cc1ccc(-c2ccc(-c3ccc(C)cc3)c3cc4c(cc23)-c2cccc3c(-c5ccc6c7ccc8c9c(ccc(c%10cccc5c%106)c97)-c5cc6c(-c7ccc(C)cc7)ccc(-c7ccc(C)cc7)c6cc5-8)ccc-4c23)cc1. The normalized spacial score (nSPS) is 12.4. The Labute approximate surface area is 453 Å². The Morgan fingerprint density at radius 3 is 0.833 bits per heavy atom. The summed E-state index contributed by atoms with van der Waals surface area (Å²) in [7, 11) is 0. The fourth-order valence-corrected chi connectivity index (χ4v) is 14.2. The van der Waals surface area contributed by atoms with Crippen LogP contribution < -0.4 is 0 Å². The van der Waals surface area contributed by atoms with Crippen molar-refractivity contribution in [2.24, 2.45) is 0 Å². The van der Waals surface area contributed by atoms with Crippen molar-refractivity contribution in [2.45, 2.75) is 27.7 Å². The Hall–Kier alpha value is -9.62. The fraction of sp³-hybridized carbons (Fsp3) is 0.0513. The summed E-state index contributed by atoms with van der Waals surface area (Å²) in [6.07, 6.45) is 0. The molecule has 0 atom stereocenters. The molecule has 0 unspecified atom stereocenters. The predicted octanol–water partition coefficient (Wildman–Crippen LogP) is 22.1. The Morgan fingerprint density at radius 1 is 0.154 bits per heavy atom. The average Bonchev–Trinajstić information content (AvgIpc) is 4.11. The monoisotopic (exact) mass is 986 g/mol. The van der Waals surface area contributed by atoms with E-state index in [1.54, 1.807) is 0 Å². The van der Waals surface area contributed by atoms with E-state index in [0.29, 0.717) is 0 Å². The number of aryl methyl sites for hydroxylation is 4. The molecule has 0 saturated carbocycles. The molecule has 0 fully saturated rings. The van der Waals surface area contributed by atoms with Crippen LogP contribution in [0.5, 0.6) is 0 Å². The molecule has 0 saturated heterocycles. The van der Waals surface area contributed by atoms with Gasteiger partial charge in [-0.1, -0.05) is 229 Å². The molecular weight excluding hydrogens is 937 g/mol. The third-order valence-corrected chi connectivity index (χ3v) is 18.0. The van der Waals surface area contributed by atoms with E-state index in [9.17, 15) is 0 Å². The highest BCUT2D eigenvalue weighted by Crippen LogP contribution is 2.57. The molecule has 17 rings (SSSR count). The van der Waals surface area contributed by atoms with Crippen LogP contribution in [-0.4, -0.2) is 0 Å². The second-order valence-electron chi connectivity index (χ2n) is 22.5. The zero-order valence-corrected chi connectivity index (χ0v) is 43.9. The summed E-state index contributed by atoms with van der Waals surface area (Å²) in [6, 6.07) is 88.8. The minimum absolute atomic E-state index is 1.24. The molecule has 15 aromatic carbocycles. The summed E-state index contributed by atoms with van der Waals surface area (Å²) in [6.45, 7) is 8.66. The first-order chi connectivity index (χ1) is 38.3. The quantitative estimate of drug-likeness (QED) is 0.119. The molecule has 0 N–H and O–H groups in total. The fourth-order valence-electron chi connectivity index (χ4n) is 14.2. The summed E-state index contributed by atoms with van der Waals surface area (Å²) in [5.74, 6) is 0. The van der Waals surface area contributed by atoms with Gasteiger partial charge in [0.15, 0.2) is 0 Å². The highest BCUT2D eigenvalue weighted by Gasteiger charge is 2.29. The van der Waals surface area contributed by atoms with Crippen LogP contribution in [-0.2, 0) is 0 Å². The zero-order chi connectivity index (χ0) is 51.7. The third-order valence-electron chi connectivity index (χ3n) is 18.0. The van der Waals surface area contributed by atoms with Gasteiger partial charge in [-0.25, -0.2) is 0 Å². The average molecular weight is 987 g/mol. The minimum Gasteiger partial charge on any atom is -0.0610 e. The molecule has 0 heterocycles. The van der Waals surface area contributed by atoms with Gasteiger partial charge in [0.1, 0.15) is 0 Å². The lowest BCUT2D eigenvalue weighted by Crippen LogP contribution is -1.90. The van der Waals surface area contributed by atoms with Crippen LogP contribution in [0.1, 0.15) is 22.3 Å². The van der Waals surface area contributed by atoms with Crippen molar-refractivity contribution in [3.05, 3.63) is 253 Å². The summed E-state index contributed by atoms with van der Waals surface area (Å²) in [5, 5.41) is 18.4. The van der Waals surface area contributed by atoms with Gasteiger partial charge in [0.2, 0.25) is 0 Å². The largest absolute Gasteiger partial charge is 0.0610 e. The summed E-state index contributed by atoms with van der Waals surface area (Å²) in [4.78, 5) is 0. The van der Waals surface area contributed by atoms with Gasteiger partial charge >= 0.3 is 0 Å². The molecule has 0 aromatic heterocycles. The van der Waals surface area contributed by atoms with Crippen LogP contribution in [0.3, 0.4) is 0 Å². The van der Waals surface area contributed by atoms with E-state index in [4.69, 9.17) is 0 Å². The lowest BCUT2D eigenvalue weighted by Gasteiger charge is -2.18. The molecule has 0 aliphatic heterocycles. The predicted molar refractivity (Wildman–Crippen MR) is 335 cm³/mol. The van der Waals surface area contributed by atoms with E-state index in [-0.39, 0.29) is 0 Å². The standard InChI is InChI=1S/C78H50/c1-43-11-19-47(20-12-43)51-27-28-52(48-21-13-44(2)14-22-48)68-40-72-64-34-32-56(58-8-6-10-60(76(58)64)71(72)39-67(51)68)55-31-33-61-63-36-38-66-74-42-70-54(50-25-17-46(4)18-26-50)30-29-53(49-23-15-45(3)16-24-49)69(70)41-73(74)65-37-35-62(77(63)78(65)66)59-9-5-7-57(55)75(59)61/h5-42H,1-4H3. The smallest absolute Gasteiger partial charge is 0.00139 e. The van der Waals surface area contributed by atoms with Crippen molar-refractivity contribution in [1.82, 2.24) is 0 Å². The van der Waals surface area contributed by atoms with Crippen molar-refractivity contribution in [1.29, 1.82) is 0 Å². The molecule has 0 spiro atoms. The van der Waals surface area contributed by atoms with Crippen molar-refractivity contribution >= 4 is 75.4 Å². The summed E-state index contributed by atoms with van der Waals surface area (Å²) >= 11 is 0. The Morgan fingerprint density at radius 2 is 0.423 bits per heavy atom. The van der Waals surface area contributed by atoms with Gasteiger partial charge in [-0.2, -0.15) is 0 Å². The van der Waals surface area contributed by atoms with Crippen LogP contribution in [0.2, 0.25) is 0 Å². The Balaban J connectivity index is 0.846. The van der Waals surface area contributed by atoms with E-state index < -0.39 is 0 Å². The first-order valence-corrected chi connectivity index (χ1v) is 27.5. The van der Waals surface area contributed by atoms with E-state index >= 15 is 0 Å². The number of hydrogen-bond acceptors (Lipinski definition) is 0. The molecule has 0 heteroatoms.